The minimum atomic E-state index is -0.823. The van der Waals surface area contributed by atoms with E-state index in [2.05, 4.69) is 26.8 Å². The van der Waals surface area contributed by atoms with Crippen LogP contribution in [0.3, 0.4) is 0 Å². The molecule has 0 aliphatic heterocycles. The second-order valence-corrected chi connectivity index (χ2v) is 6.78. The topological polar surface area (TPSA) is 37.3 Å². The number of carbonyl (C=O) groups excluding carboxylic acids is 1. The van der Waals surface area contributed by atoms with Crippen LogP contribution >= 0.6 is 0 Å². The van der Waals surface area contributed by atoms with E-state index in [0.29, 0.717) is 12.8 Å². The molecule has 96 valence electrons. The minimum Gasteiger partial charge on any atom is -0.389 e. The molecule has 0 radical (unpaired) electrons. The zero-order chi connectivity index (χ0) is 12.9. The molecule has 2 nitrogen and oxygen atoms in total. The lowest BCUT2D eigenvalue weighted by Gasteiger charge is -2.47. The van der Waals surface area contributed by atoms with Gasteiger partial charge in [0.1, 0.15) is 5.78 Å². The number of hydrogen-bond acceptors (Lipinski definition) is 2. The number of aliphatic hydroxyl groups is 1. The van der Waals surface area contributed by atoms with Gasteiger partial charge in [-0.1, -0.05) is 32.4 Å². The Kier molecular flexibility index (Phi) is 2.77. The molecule has 0 saturated heterocycles. The van der Waals surface area contributed by atoms with Gasteiger partial charge in [0.05, 0.1) is 11.0 Å². The maximum Gasteiger partial charge on any atom is 0.142 e. The summed E-state index contributed by atoms with van der Waals surface area (Å²) in [6, 6.07) is 0. The largest absolute Gasteiger partial charge is 0.389 e. The summed E-state index contributed by atoms with van der Waals surface area (Å²) in [5.41, 5.74) is 0.0111. The molecule has 0 amide bonds. The zero-order valence-electron chi connectivity index (χ0n) is 11.5. The van der Waals surface area contributed by atoms with Crippen molar-refractivity contribution in [3.05, 3.63) is 11.6 Å². The van der Waals surface area contributed by atoms with E-state index in [1.54, 1.807) is 0 Å². The van der Waals surface area contributed by atoms with Gasteiger partial charge in [-0.15, -0.1) is 0 Å². The zero-order valence-corrected chi connectivity index (χ0v) is 11.5. The number of allylic oxidation sites excluding steroid dienone is 2. The van der Waals surface area contributed by atoms with Crippen LogP contribution in [0.1, 0.15) is 59.8 Å². The first kappa shape index (κ1) is 12.8. The van der Waals surface area contributed by atoms with Crippen molar-refractivity contribution in [2.24, 2.45) is 10.8 Å². The number of ketones is 1. The van der Waals surface area contributed by atoms with Crippen LogP contribution < -0.4 is 0 Å². The van der Waals surface area contributed by atoms with Crippen LogP contribution in [0, 0.1) is 10.8 Å². The smallest absolute Gasteiger partial charge is 0.142 e. The third-order valence-corrected chi connectivity index (χ3v) is 4.74. The minimum absolute atomic E-state index is 0.0214. The molecule has 2 aliphatic rings. The van der Waals surface area contributed by atoms with Crippen molar-refractivity contribution in [3.8, 4) is 0 Å². The first-order chi connectivity index (χ1) is 7.72. The third-order valence-electron chi connectivity index (χ3n) is 4.74. The molecule has 0 aromatic carbocycles. The van der Waals surface area contributed by atoms with Crippen molar-refractivity contribution in [1.82, 2.24) is 0 Å². The average Bonchev–Trinajstić information content (AvgIpc) is 2.41. The summed E-state index contributed by atoms with van der Waals surface area (Å²) in [6.07, 6.45) is 6.00. The van der Waals surface area contributed by atoms with Gasteiger partial charge >= 0.3 is 0 Å². The summed E-state index contributed by atoms with van der Waals surface area (Å²) in [5.74, 6) is 0.273. The van der Waals surface area contributed by atoms with E-state index in [4.69, 9.17) is 0 Å². The quantitative estimate of drug-likeness (QED) is 0.710. The first-order valence-corrected chi connectivity index (χ1v) is 6.69. The number of rotatable bonds is 1. The lowest BCUT2D eigenvalue weighted by molar-refractivity contribution is -0.139. The number of hydrogen-bond donors (Lipinski definition) is 1. The molecule has 0 bridgehead atoms. The van der Waals surface area contributed by atoms with Crippen molar-refractivity contribution < 1.29 is 9.90 Å². The number of carbonyl (C=O) groups is 1. The molecule has 0 heterocycles. The molecule has 2 atom stereocenters. The maximum atomic E-state index is 12.3. The second-order valence-electron chi connectivity index (χ2n) is 6.78. The first-order valence-electron chi connectivity index (χ1n) is 6.69. The Bertz CT molecular complexity index is 376. The Morgan fingerprint density at radius 2 is 2.00 bits per heavy atom. The van der Waals surface area contributed by atoms with Gasteiger partial charge in [-0.2, -0.15) is 0 Å². The highest BCUT2D eigenvalue weighted by atomic mass is 16.3. The van der Waals surface area contributed by atoms with Gasteiger partial charge < -0.3 is 5.11 Å². The van der Waals surface area contributed by atoms with E-state index >= 15 is 0 Å². The predicted molar refractivity (Wildman–Crippen MR) is 68.7 cm³/mol. The second kappa shape index (κ2) is 3.68. The molecule has 1 fully saturated rings. The molecule has 0 aromatic heterocycles. The van der Waals surface area contributed by atoms with Crippen LogP contribution in [-0.2, 0) is 4.79 Å². The van der Waals surface area contributed by atoms with E-state index in [0.717, 1.165) is 19.3 Å². The van der Waals surface area contributed by atoms with E-state index < -0.39 is 11.0 Å². The Morgan fingerprint density at radius 1 is 1.35 bits per heavy atom. The third kappa shape index (κ3) is 1.87. The fourth-order valence-electron chi connectivity index (χ4n) is 3.82. The van der Waals surface area contributed by atoms with Gasteiger partial charge in [-0.05, 0) is 38.0 Å². The van der Waals surface area contributed by atoms with Gasteiger partial charge in [-0.25, -0.2) is 0 Å². The van der Waals surface area contributed by atoms with Crippen LogP contribution in [0.4, 0.5) is 0 Å². The highest BCUT2D eigenvalue weighted by Crippen LogP contribution is 2.57. The van der Waals surface area contributed by atoms with Crippen molar-refractivity contribution in [3.63, 3.8) is 0 Å². The highest BCUT2D eigenvalue weighted by molar-refractivity contribution is 5.89. The lowest BCUT2D eigenvalue weighted by atomic mass is 9.58. The molecular weight excluding hydrogens is 212 g/mol. The molecule has 1 saturated carbocycles. The molecule has 0 unspecified atom stereocenters. The van der Waals surface area contributed by atoms with E-state index in [9.17, 15) is 9.90 Å². The van der Waals surface area contributed by atoms with Crippen LogP contribution in [0.15, 0.2) is 11.6 Å². The molecule has 2 heteroatoms. The monoisotopic (exact) mass is 236 g/mol. The van der Waals surface area contributed by atoms with Gasteiger partial charge in [-0.3, -0.25) is 4.79 Å². The van der Waals surface area contributed by atoms with Crippen molar-refractivity contribution in [1.29, 1.82) is 0 Å². The van der Waals surface area contributed by atoms with E-state index in [-0.39, 0.29) is 11.2 Å². The highest BCUT2D eigenvalue weighted by Gasteiger charge is 2.59. The summed E-state index contributed by atoms with van der Waals surface area (Å²) in [7, 11) is 0. The lowest BCUT2D eigenvalue weighted by Crippen LogP contribution is -2.49. The predicted octanol–water partition coefficient (Wildman–Crippen LogP) is 3.24. The summed E-state index contributed by atoms with van der Waals surface area (Å²) >= 11 is 0. The molecule has 1 N–H and O–H groups in total. The molecular formula is C15H24O2. The Morgan fingerprint density at radius 3 is 2.47 bits per heavy atom. The van der Waals surface area contributed by atoms with Crippen LogP contribution in [0.5, 0.6) is 0 Å². The molecule has 17 heavy (non-hydrogen) atoms. The standard InChI is InChI=1S/C15H24O2/c1-5-11-8-13(2,3)10-15(9-11)12(16)6-7-14(15,4)17/h8,17H,5-7,9-10H2,1-4H3/t14-,15-/m1/s1. The van der Waals surface area contributed by atoms with Crippen LogP contribution in [0.2, 0.25) is 0 Å². The van der Waals surface area contributed by atoms with E-state index in [1.165, 1.54) is 5.57 Å². The molecule has 0 aromatic rings. The Hall–Kier alpha value is -0.630. The fraction of sp³-hybridized carbons (Fsp3) is 0.800. The Labute approximate surface area is 104 Å². The van der Waals surface area contributed by atoms with Gasteiger partial charge in [0, 0.05) is 6.42 Å². The maximum absolute atomic E-state index is 12.3. The van der Waals surface area contributed by atoms with Gasteiger partial charge in [0.2, 0.25) is 0 Å². The molecule has 2 aliphatic carbocycles. The summed E-state index contributed by atoms with van der Waals surface area (Å²) < 4.78 is 0. The molecule has 2 rings (SSSR count). The van der Waals surface area contributed by atoms with Crippen molar-refractivity contribution in [2.75, 3.05) is 0 Å². The normalized spacial score (nSPS) is 40.8. The van der Waals surface area contributed by atoms with Crippen LogP contribution in [-0.4, -0.2) is 16.5 Å². The molecule has 1 spiro atoms. The van der Waals surface area contributed by atoms with Crippen molar-refractivity contribution >= 4 is 5.78 Å². The summed E-state index contributed by atoms with van der Waals surface area (Å²) in [6.45, 7) is 8.33. The van der Waals surface area contributed by atoms with Crippen molar-refractivity contribution in [2.45, 2.75) is 65.4 Å². The SMILES string of the molecule is CCC1=CC(C)(C)C[C@]2(C1)C(=O)CC[C@@]2(C)O. The fourth-order valence-corrected chi connectivity index (χ4v) is 3.82. The number of Topliss-reactive ketones (excluding diaryl/α,β-unsaturated/α-hetero) is 1. The van der Waals surface area contributed by atoms with Gasteiger partial charge in [0.15, 0.2) is 0 Å². The average molecular weight is 236 g/mol. The van der Waals surface area contributed by atoms with Crippen LogP contribution in [0.25, 0.3) is 0 Å². The Balaban J connectivity index is 2.46. The summed E-state index contributed by atoms with van der Waals surface area (Å²) in [5, 5.41) is 10.6. The van der Waals surface area contributed by atoms with E-state index in [1.807, 2.05) is 6.92 Å². The van der Waals surface area contributed by atoms with Gasteiger partial charge in [0.25, 0.3) is 0 Å². The summed E-state index contributed by atoms with van der Waals surface area (Å²) in [4.78, 5) is 12.3.